The number of carbonyl (C=O) groups is 2. The maximum atomic E-state index is 12.1. The van der Waals surface area contributed by atoms with Crippen molar-refractivity contribution in [1.29, 1.82) is 0 Å². The summed E-state index contributed by atoms with van der Waals surface area (Å²) in [6, 6.07) is 7.10. The van der Waals surface area contributed by atoms with E-state index in [2.05, 4.69) is 0 Å². The fraction of sp³-hybridized carbons (Fsp3) is 0.231. The van der Waals surface area contributed by atoms with E-state index in [0.29, 0.717) is 16.9 Å². The van der Waals surface area contributed by atoms with Crippen LogP contribution >= 0.6 is 0 Å². The summed E-state index contributed by atoms with van der Waals surface area (Å²) < 4.78 is 5.19. The van der Waals surface area contributed by atoms with Gasteiger partial charge in [-0.1, -0.05) is 18.2 Å². The second kappa shape index (κ2) is 5.01. The molecule has 0 bridgehead atoms. The maximum Gasteiger partial charge on any atom is 0.261 e. The molecule has 5 heteroatoms. The van der Waals surface area contributed by atoms with Gasteiger partial charge >= 0.3 is 0 Å². The van der Waals surface area contributed by atoms with Gasteiger partial charge in [0.2, 0.25) is 0 Å². The van der Waals surface area contributed by atoms with Crippen LogP contribution in [0.15, 0.2) is 30.3 Å². The first-order valence-electron chi connectivity index (χ1n) is 5.60. The van der Waals surface area contributed by atoms with Crippen LogP contribution in [-0.2, 0) is 9.59 Å². The monoisotopic (exact) mass is 246 g/mol. The van der Waals surface area contributed by atoms with Crippen molar-refractivity contribution in [3.63, 3.8) is 0 Å². The van der Waals surface area contributed by atoms with Crippen LogP contribution in [0.5, 0.6) is 5.75 Å². The number of hydrogen-bond donors (Lipinski definition) is 1. The number of ether oxygens (including phenoxy) is 1. The number of imide groups is 1. The van der Waals surface area contributed by atoms with E-state index in [0.717, 1.165) is 4.90 Å². The standard InChI is InChI=1S/C13H14N2O3/c1-18-11-5-3-2-4-9(11)10-8-12(16)15(7-6-14)13(10)17/h2-5,8H,6-7,14H2,1H3. The van der Waals surface area contributed by atoms with Gasteiger partial charge in [0.15, 0.2) is 0 Å². The lowest BCUT2D eigenvalue weighted by Crippen LogP contribution is -2.35. The average molecular weight is 246 g/mol. The summed E-state index contributed by atoms with van der Waals surface area (Å²) in [4.78, 5) is 24.9. The van der Waals surface area contributed by atoms with E-state index in [1.807, 2.05) is 6.07 Å². The van der Waals surface area contributed by atoms with Crippen molar-refractivity contribution in [3.05, 3.63) is 35.9 Å². The highest BCUT2D eigenvalue weighted by Crippen LogP contribution is 2.30. The number of methoxy groups -OCH3 is 1. The Kier molecular flexibility index (Phi) is 3.43. The Labute approximate surface area is 105 Å². The number of hydrogen-bond acceptors (Lipinski definition) is 4. The van der Waals surface area contributed by atoms with E-state index in [9.17, 15) is 9.59 Å². The zero-order chi connectivity index (χ0) is 13.1. The van der Waals surface area contributed by atoms with Crippen molar-refractivity contribution >= 4 is 17.4 Å². The van der Waals surface area contributed by atoms with Crippen LogP contribution < -0.4 is 10.5 Å². The zero-order valence-electron chi connectivity index (χ0n) is 10.1. The van der Waals surface area contributed by atoms with Crippen molar-refractivity contribution in [2.45, 2.75) is 0 Å². The molecule has 0 saturated heterocycles. The third-order valence-electron chi connectivity index (χ3n) is 2.76. The minimum absolute atomic E-state index is 0.229. The minimum Gasteiger partial charge on any atom is -0.496 e. The number of nitrogens with two attached hydrogens (primary N) is 1. The lowest BCUT2D eigenvalue weighted by atomic mass is 10.1. The molecule has 0 spiro atoms. The van der Waals surface area contributed by atoms with Crippen LogP contribution in [0.25, 0.3) is 5.57 Å². The molecule has 0 radical (unpaired) electrons. The summed E-state index contributed by atoms with van der Waals surface area (Å²) in [6.07, 6.45) is 1.33. The Morgan fingerprint density at radius 1 is 1.28 bits per heavy atom. The molecule has 2 amide bonds. The Morgan fingerprint density at radius 2 is 2.00 bits per heavy atom. The van der Waals surface area contributed by atoms with Gasteiger partial charge in [0.1, 0.15) is 5.75 Å². The van der Waals surface area contributed by atoms with Crippen molar-refractivity contribution in [2.24, 2.45) is 5.73 Å². The third-order valence-corrected chi connectivity index (χ3v) is 2.76. The van der Waals surface area contributed by atoms with Crippen molar-refractivity contribution in [3.8, 4) is 5.75 Å². The zero-order valence-corrected chi connectivity index (χ0v) is 10.1. The SMILES string of the molecule is COc1ccccc1C1=CC(=O)N(CCN)C1=O. The molecule has 1 aliphatic heterocycles. The number of amides is 2. The number of benzene rings is 1. The van der Waals surface area contributed by atoms with Crippen LogP contribution in [0.4, 0.5) is 0 Å². The molecule has 1 heterocycles. The summed E-state index contributed by atoms with van der Waals surface area (Å²) in [5.74, 6) is -0.0826. The molecule has 0 saturated carbocycles. The highest BCUT2D eigenvalue weighted by molar-refractivity contribution is 6.33. The molecule has 0 unspecified atom stereocenters. The number of para-hydroxylation sites is 1. The van der Waals surface area contributed by atoms with Crippen LogP contribution in [-0.4, -0.2) is 36.9 Å². The fourth-order valence-corrected chi connectivity index (χ4v) is 1.91. The van der Waals surface area contributed by atoms with Crippen LogP contribution in [0.2, 0.25) is 0 Å². The summed E-state index contributed by atoms with van der Waals surface area (Å²) in [5.41, 5.74) is 6.35. The first-order valence-corrected chi connectivity index (χ1v) is 5.60. The van der Waals surface area contributed by atoms with E-state index in [1.54, 1.807) is 18.2 Å². The molecule has 0 fully saturated rings. The number of rotatable bonds is 4. The molecule has 0 aliphatic carbocycles. The molecule has 1 aliphatic rings. The predicted octanol–water partition coefficient (Wildman–Crippen LogP) is 0.406. The molecule has 1 aromatic rings. The molecule has 2 N–H and O–H groups in total. The minimum atomic E-state index is -0.327. The summed E-state index contributed by atoms with van der Waals surface area (Å²) in [5, 5.41) is 0. The number of nitrogens with zero attached hydrogens (tertiary/aromatic N) is 1. The summed E-state index contributed by atoms with van der Waals surface area (Å²) >= 11 is 0. The van der Waals surface area contributed by atoms with Crippen LogP contribution in [0, 0.1) is 0 Å². The first kappa shape index (κ1) is 12.3. The van der Waals surface area contributed by atoms with E-state index >= 15 is 0 Å². The van der Waals surface area contributed by atoms with Crippen molar-refractivity contribution < 1.29 is 14.3 Å². The fourth-order valence-electron chi connectivity index (χ4n) is 1.91. The van der Waals surface area contributed by atoms with Gasteiger partial charge in [0.25, 0.3) is 11.8 Å². The Morgan fingerprint density at radius 3 is 2.67 bits per heavy atom. The van der Waals surface area contributed by atoms with Gasteiger partial charge in [-0.05, 0) is 6.07 Å². The third kappa shape index (κ3) is 2.00. The molecule has 1 aromatic carbocycles. The van der Waals surface area contributed by atoms with E-state index in [1.165, 1.54) is 13.2 Å². The molecule has 0 aromatic heterocycles. The average Bonchev–Trinajstić information content (AvgIpc) is 2.67. The Balaban J connectivity index is 2.38. The molecule has 18 heavy (non-hydrogen) atoms. The lowest BCUT2D eigenvalue weighted by molar-refractivity contribution is -0.136. The van der Waals surface area contributed by atoms with Gasteiger partial charge in [-0.15, -0.1) is 0 Å². The second-order valence-electron chi connectivity index (χ2n) is 3.84. The molecule has 5 nitrogen and oxygen atoms in total. The summed E-state index contributed by atoms with van der Waals surface area (Å²) in [7, 11) is 1.53. The smallest absolute Gasteiger partial charge is 0.261 e. The lowest BCUT2D eigenvalue weighted by Gasteiger charge is -2.14. The van der Waals surface area contributed by atoms with Gasteiger partial charge in [-0.2, -0.15) is 0 Å². The molecular formula is C13H14N2O3. The summed E-state index contributed by atoms with van der Waals surface area (Å²) in [6.45, 7) is 0.483. The van der Waals surface area contributed by atoms with Crippen molar-refractivity contribution in [2.75, 3.05) is 20.2 Å². The normalized spacial score (nSPS) is 15.0. The molecule has 2 rings (SSSR count). The highest BCUT2D eigenvalue weighted by Gasteiger charge is 2.32. The predicted molar refractivity (Wildman–Crippen MR) is 66.7 cm³/mol. The van der Waals surface area contributed by atoms with Gasteiger partial charge in [-0.25, -0.2) is 0 Å². The van der Waals surface area contributed by atoms with E-state index in [4.69, 9.17) is 10.5 Å². The van der Waals surface area contributed by atoms with E-state index < -0.39 is 0 Å². The first-order chi connectivity index (χ1) is 8.69. The second-order valence-corrected chi connectivity index (χ2v) is 3.84. The Hall–Kier alpha value is -2.14. The molecule has 0 atom stereocenters. The van der Waals surface area contributed by atoms with Gasteiger partial charge < -0.3 is 10.5 Å². The van der Waals surface area contributed by atoms with Crippen LogP contribution in [0.1, 0.15) is 5.56 Å². The van der Waals surface area contributed by atoms with Crippen LogP contribution in [0.3, 0.4) is 0 Å². The molecule has 94 valence electrons. The van der Waals surface area contributed by atoms with Gasteiger partial charge in [0, 0.05) is 24.7 Å². The number of carbonyl (C=O) groups excluding carboxylic acids is 2. The Bertz CT molecular complexity index is 523. The highest BCUT2D eigenvalue weighted by atomic mass is 16.5. The van der Waals surface area contributed by atoms with E-state index in [-0.39, 0.29) is 24.9 Å². The largest absolute Gasteiger partial charge is 0.496 e. The maximum absolute atomic E-state index is 12.1. The van der Waals surface area contributed by atoms with Gasteiger partial charge in [0.05, 0.1) is 12.7 Å². The molecular weight excluding hydrogens is 232 g/mol. The van der Waals surface area contributed by atoms with Crippen molar-refractivity contribution in [1.82, 2.24) is 4.90 Å². The topological polar surface area (TPSA) is 72.6 Å². The quantitative estimate of drug-likeness (QED) is 0.781. The van der Waals surface area contributed by atoms with Gasteiger partial charge in [-0.3, -0.25) is 14.5 Å².